The maximum atomic E-state index is 15.5. The van der Waals surface area contributed by atoms with Gasteiger partial charge in [-0.2, -0.15) is 0 Å². The van der Waals surface area contributed by atoms with E-state index in [9.17, 15) is 28.8 Å². The van der Waals surface area contributed by atoms with Crippen LogP contribution >= 0.6 is 0 Å². The van der Waals surface area contributed by atoms with Crippen molar-refractivity contribution in [2.75, 3.05) is 39.3 Å². The number of hydrogen-bond acceptors (Lipinski definition) is 6. The van der Waals surface area contributed by atoms with E-state index >= 15 is 13.2 Å². The van der Waals surface area contributed by atoms with Crippen LogP contribution in [-0.2, 0) is 33.6 Å². The molecule has 3 atom stereocenters. The zero-order valence-electron chi connectivity index (χ0n) is 50.2. The molecule has 6 amide bonds. The zero-order valence-corrected chi connectivity index (χ0v) is 50.2. The van der Waals surface area contributed by atoms with E-state index in [0.717, 1.165) is 110 Å². The van der Waals surface area contributed by atoms with Gasteiger partial charge in [0.05, 0.1) is 0 Å². The number of piperidine rings is 3. The Balaban J connectivity index is 0.000000121. The van der Waals surface area contributed by atoms with Gasteiger partial charge in [0.2, 0.25) is 35.4 Å². The number of likely N-dealkylation sites (tertiary alicyclic amines) is 3. The summed E-state index contributed by atoms with van der Waals surface area (Å²) in [5.74, 6) is -3.20. The fourth-order valence-corrected chi connectivity index (χ4v) is 17.5. The second-order valence-corrected chi connectivity index (χ2v) is 27.9. The lowest BCUT2D eigenvalue weighted by atomic mass is 9.78. The van der Waals surface area contributed by atoms with E-state index in [0.29, 0.717) is 108 Å². The Labute approximate surface area is 508 Å². The van der Waals surface area contributed by atoms with Crippen LogP contribution in [0.2, 0.25) is 0 Å². The van der Waals surface area contributed by atoms with E-state index < -0.39 is 17.7 Å². The molecule has 3 saturated heterocycles. The summed E-state index contributed by atoms with van der Waals surface area (Å²) in [6.45, 7) is 14.3. The molecule has 3 saturated carbocycles. The molecule has 6 fully saturated rings. The van der Waals surface area contributed by atoms with Gasteiger partial charge in [0.1, 0.15) is 17.5 Å². The molecule has 456 valence electrons. The van der Waals surface area contributed by atoms with Crippen molar-refractivity contribution in [2.45, 2.75) is 172 Å². The normalized spacial score (nSPS) is 24.3. The van der Waals surface area contributed by atoms with E-state index in [2.05, 4.69) is 19.7 Å². The molecule has 15 heteroatoms. The van der Waals surface area contributed by atoms with Crippen LogP contribution in [0.1, 0.15) is 234 Å². The Kier molecular flexibility index (Phi) is 15.1. The number of nitrogens with two attached hydrogens (primary N) is 3. The maximum Gasteiger partial charge on any atom is 0.249 e. The molecule has 1 unspecified atom stereocenters. The van der Waals surface area contributed by atoms with E-state index in [1.807, 2.05) is 0 Å². The fourth-order valence-electron chi connectivity index (χ4n) is 17.5. The molecule has 3 aromatic carbocycles. The SMILES string of the molecule is C=CC(=O)N1CCCC(c2c(F)cc(C(N)=O)c3c2C2=C(CCC4(CC4)C2)C3)C1.C=CC(=O)N1CCC[C@@H](c2c(F)cc(C(N)=O)c3c2C2=C(CCC4(CC4)C2)C3)C1.C=CC(=O)N1CCC[C@H](c2c(F)cc(C(N)=O)c3c2C2=C(CCC4(CC4)C2)C3)C1. The average molecular weight is 1180 g/mol. The summed E-state index contributed by atoms with van der Waals surface area (Å²) in [5.41, 5.74) is 34.7. The lowest BCUT2D eigenvalue weighted by molar-refractivity contribution is -0.127. The van der Waals surface area contributed by atoms with Gasteiger partial charge >= 0.3 is 0 Å². The van der Waals surface area contributed by atoms with E-state index in [1.165, 1.54) is 128 Å². The second-order valence-electron chi connectivity index (χ2n) is 27.9. The average Bonchev–Trinajstić information content (AvgIpc) is 1.62. The smallest absolute Gasteiger partial charge is 0.249 e. The quantitative estimate of drug-likeness (QED) is 0.179. The molecule has 87 heavy (non-hydrogen) atoms. The molecule has 0 bridgehead atoms. The van der Waals surface area contributed by atoms with Gasteiger partial charge in [-0.3, -0.25) is 28.8 Å². The van der Waals surface area contributed by atoms with Crippen molar-refractivity contribution in [1.82, 2.24) is 14.7 Å². The van der Waals surface area contributed by atoms with Crippen LogP contribution in [0, 0.1) is 33.7 Å². The van der Waals surface area contributed by atoms with Crippen LogP contribution in [-0.4, -0.2) is 89.4 Å². The molecule has 12 nitrogen and oxygen atoms in total. The third-order valence-electron chi connectivity index (χ3n) is 22.8. The Hall–Kier alpha value is -7.29. The number of halogens is 3. The Bertz CT molecular complexity index is 3300. The summed E-state index contributed by atoms with van der Waals surface area (Å²) in [4.78, 5) is 78.1. The molecule has 9 aliphatic carbocycles. The largest absolute Gasteiger partial charge is 0.366 e. The Morgan fingerprint density at radius 2 is 0.701 bits per heavy atom. The Morgan fingerprint density at radius 3 is 0.931 bits per heavy atom. The summed E-state index contributed by atoms with van der Waals surface area (Å²) < 4.78 is 46.4. The van der Waals surface area contributed by atoms with Crippen molar-refractivity contribution < 1.29 is 41.9 Å². The minimum absolute atomic E-state index is 0.0627. The molecule has 3 aliphatic heterocycles. The highest BCUT2D eigenvalue weighted by Gasteiger charge is 2.51. The second kappa shape index (κ2) is 22.4. The topological polar surface area (TPSA) is 190 Å². The molecule has 12 aliphatic rings. The fraction of sp³-hybridized carbons (Fsp3) is 0.500. The number of fused-ring (bicyclic) bond motifs is 6. The predicted molar refractivity (Wildman–Crippen MR) is 329 cm³/mol. The van der Waals surface area contributed by atoms with Crippen molar-refractivity contribution in [2.24, 2.45) is 33.4 Å². The van der Waals surface area contributed by atoms with Gasteiger partial charge in [0.25, 0.3) is 0 Å². The highest BCUT2D eigenvalue weighted by atomic mass is 19.1. The highest BCUT2D eigenvalue weighted by molar-refractivity contribution is 6.00. The molecule has 0 aromatic heterocycles. The van der Waals surface area contributed by atoms with Gasteiger partial charge in [-0.15, -0.1) is 0 Å². The number of benzene rings is 3. The third kappa shape index (κ3) is 10.6. The lowest BCUT2D eigenvalue weighted by Crippen LogP contribution is -2.38. The number of nitrogens with zero attached hydrogens (tertiary/aromatic N) is 3. The summed E-state index contributed by atoms with van der Waals surface area (Å²) in [7, 11) is 0. The number of rotatable bonds is 9. The number of hydrogen-bond donors (Lipinski definition) is 3. The number of carbonyl (C=O) groups excluding carboxylic acids is 6. The standard InChI is InChI=1S/3C24H27FN2O2/c3*1-2-20(28)27-9-3-4-15(13-27)21-19(25)11-17(23(26)29)16-10-14-5-6-24(7-8-24)12-18(14)22(16)21/h3*2,11,15H,1,3-10,12-13H2,(H2,26,29)/t2*15-;/m10./s1. The zero-order chi connectivity index (χ0) is 61.0. The van der Waals surface area contributed by atoms with Crippen molar-refractivity contribution in [3.63, 3.8) is 0 Å². The van der Waals surface area contributed by atoms with Crippen molar-refractivity contribution in [3.05, 3.63) is 157 Å². The summed E-state index contributed by atoms with van der Waals surface area (Å²) >= 11 is 0. The van der Waals surface area contributed by atoms with E-state index in [4.69, 9.17) is 17.2 Å². The first-order valence-corrected chi connectivity index (χ1v) is 32.1. The van der Waals surface area contributed by atoms with Crippen LogP contribution in [0.15, 0.2) is 72.9 Å². The minimum atomic E-state index is -0.556. The molecule has 3 heterocycles. The number of carbonyl (C=O) groups is 6. The summed E-state index contributed by atoms with van der Waals surface area (Å²) in [5, 5.41) is 0. The molecular weight excluding hydrogens is 1100 g/mol. The highest BCUT2D eigenvalue weighted by Crippen LogP contribution is 2.65. The molecule has 3 aromatic rings. The van der Waals surface area contributed by atoms with Gasteiger partial charge < -0.3 is 31.9 Å². The minimum Gasteiger partial charge on any atom is -0.366 e. The van der Waals surface area contributed by atoms with Gasteiger partial charge in [0, 0.05) is 90.4 Å². The van der Waals surface area contributed by atoms with Crippen LogP contribution in [0.5, 0.6) is 0 Å². The first-order valence-electron chi connectivity index (χ1n) is 32.1. The van der Waals surface area contributed by atoms with Crippen LogP contribution in [0.3, 0.4) is 0 Å². The molecular formula is C72H81F3N6O6. The van der Waals surface area contributed by atoms with Crippen molar-refractivity contribution in [3.8, 4) is 0 Å². The number of allylic oxidation sites excluding steroid dienone is 6. The van der Waals surface area contributed by atoms with E-state index in [1.54, 1.807) is 14.7 Å². The van der Waals surface area contributed by atoms with Crippen LogP contribution < -0.4 is 17.2 Å². The monoisotopic (exact) mass is 1180 g/mol. The lowest BCUT2D eigenvalue weighted by Gasteiger charge is -2.34. The van der Waals surface area contributed by atoms with Gasteiger partial charge in [-0.1, -0.05) is 36.5 Å². The van der Waals surface area contributed by atoms with E-state index in [-0.39, 0.29) is 52.9 Å². The summed E-state index contributed by atoms with van der Waals surface area (Å²) in [6, 6.07) is 4.03. The van der Waals surface area contributed by atoms with Gasteiger partial charge in [0.15, 0.2) is 0 Å². The molecule has 0 radical (unpaired) electrons. The number of amides is 6. The van der Waals surface area contributed by atoms with Crippen LogP contribution in [0.25, 0.3) is 16.7 Å². The predicted octanol–water partition coefficient (Wildman–Crippen LogP) is 12.3. The van der Waals surface area contributed by atoms with Crippen molar-refractivity contribution in [1.29, 1.82) is 0 Å². The molecule has 3 spiro atoms. The summed E-state index contributed by atoms with van der Waals surface area (Å²) in [6.07, 6.45) is 28.4. The molecule has 15 rings (SSSR count). The molecule has 6 N–H and O–H groups in total. The third-order valence-corrected chi connectivity index (χ3v) is 22.8. The van der Waals surface area contributed by atoms with Gasteiger partial charge in [-0.25, -0.2) is 13.2 Å². The van der Waals surface area contributed by atoms with Crippen LogP contribution in [0.4, 0.5) is 13.2 Å². The van der Waals surface area contributed by atoms with Crippen molar-refractivity contribution >= 4 is 52.2 Å². The number of primary amides is 3. The Morgan fingerprint density at radius 1 is 0.437 bits per heavy atom. The maximum absolute atomic E-state index is 15.5. The first kappa shape index (κ1) is 58.7. The first-order chi connectivity index (χ1) is 41.8. The van der Waals surface area contributed by atoms with Gasteiger partial charge in [-0.05, 0) is 257 Å².